The number of fused-ring (bicyclic) bond motifs is 1. The number of para-hydroxylation sites is 2. The summed E-state index contributed by atoms with van der Waals surface area (Å²) in [5, 5.41) is 16.2. The van der Waals surface area contributed by atoms with Crippen molar-refractivity contribution >= 4 is 22.8 Å². The van der Waals surface area contributed by atoms with E-state index in [1.54, 1.807) is 10.7 Å². The van der Waals surface area contributed by atoms with E-state index < -0.39 is 11.7 Å². The first-order chi connectivity index (χ1) is 18.5. The lowest BCUT2D eigenvalue weighted by atomic mass is 10.2. The molecule has 0 bridgehead atoms. The van der Waals surface area contributed by atoms with Crippen molar-refractivity contribution in [1.82, 2.24) is 19.7 Å². The molecule has 38 heavy (non-hydrogen) atoms. The lowest BCUT2D eigenvalue weighted by Crippen LogP contribution is -2.13. The zero-order valence-corrected chi connectivity index (χ0v) is 20.6. The van der Waals surface area contributed by atoms with Gasteiger partial charge < -0.3 is 24.9 Å². The number of nitrogens with zero attached hydrogens (tertiary/aromatic N) is 3. The van der Waals surface area contributed by atoms with Gasteiger partial charge in [0.05, 0.1) is 30.8 Å². The fourth-order valence-electron chi connectivity index (χ4n) is 4.00. The first-order valence-corrected chi connectivity index (χ1v) is 12.1. The summed E-state index contributed by atoms with van der Waals surface area (Å²) >= 11 is 0. The third kappa shape index (κ3) is 5.50. The summed E-state index contributed by atoms with van der Waals surface area (Å²) in [6.45, 7) is 2.65. The van der Waals surface area contributed by atoms with Gasteiger partial charge >= 0.3 is 0 Å². The fraction of sp³-hybridized carbons (Fsp3) is 0.179. The summed E-state index contributed by atoms with van der Waals surface area (Å²) in [5.41, 5.74) is 3.43. The minimum absolute atomic E-state index is 0.0394. The number of rotatable bonds is 10. The first-order valence-electron chi connectivity index (χ1n) is 12.1. The van der Waals surface area contributed by atoms with Crippen LogP contribution in [0.15, 0.2) is 72.8 Å². The van der Waals surface area contributed by atoms with Crippen LogP contribution in [0.4, 0.5) is 10.2 Å². The Morgan fingerprint density at radius 1 is 1.08 bits per heavy atom. The zero-order chi connectivity index (χ0) is 26.5. The third-order valence-electron chi connectivity index (χ3n) is 5.76. The number of hydrogen-bond donors (Lipinski definition) is 3. The number of imidazole rings is 1. The van der Waals surface area contributed by atoms with Crippen LogP contribution in [0.2, 0.25) is 0 Å². The monoisotopic (exact) mass is 515 g/mol. The molecule has 3 N–H and O–H groups in total. The molecule has 10 heteroatoms. The maximum atomic E-state index is 14.4. The Hall–Kier alpha value is -4.70. The van der Waals surface area contributed by atoms with Crippen molar-refractivity contribution < 1.29 is 23.8 Å². The minimum Gasteiger partial charge on any atom is -0.494 e. The van der Waals surface area contributed by atoms with Gasteiger partial charge in [-0.3, -0.25) is 9.48 Å². The third-order valence-corrected chi connectivity index (χ3v) is 5.76. The summed E-state index contributed by atoms with van der Waals surface area (Å²) in [6, 6.07) is 21.0. The second kappa shape index (κ2) is 11.1. The number of halogens is 1. The predicted molar refractivity (Wildman–Crippen MR) is 141 cm³/mol. The van der Waals surface area contributed by atoms with Crippen LogP contribution in [-0.4, -0.2) is 50.6 Å². The highest BCUT2D eigenvalue weighted by atomic mass is 19.1. The van der Waals surface area contributed by atoms with Crippen LogP contribution in [0, 0.1) is 5.82 Å². The van der Waals surface area contributed by atoms with Crippen LogP contribution in [0.3, 0.4) is 0 Å². The molecule has 1 amide bonds. The number of carbonyl (C=O) groups is 1. The number of aliphatic hydroxyl groups is 1. The van der Waals surface area contributed by atoms with Gasteiger partial charge in [-0.2, -0.15) is 5.10 Å². The van der Waals surface area contributed by atoms with Crippen LogP contribution in [0.5, 0.6) is 11.5 Å². The molecule has 0 fully saturated rings. The van der Waals surface area contributed by atoms with Crippen molar-refractivity contribution in [2.75, 3.05) is 25.1 Å². The Bertz CT molecular complexity index is 1530. The standard InChI is InChI=1S/C28H26FN5O4/c1-2-37-20-10-7-18(8-11-20)17-34-24(27-30-22-5-3-4-6-23(22)31-27)16-26(33-34)32-28(36)19-9-12-25(21(29)15-19)38-14-13-35/h3-12,15-16,35H,2,13-14,17H2,1H3,(H,30,31)(H,32,33,36). The molecule has 0 saturated heterocycles. The summed E-state index contributed by atoms with van der Waals surface area (Å²) in [6.07, 6.45) is 0. The molecule has 0 atom stereocenters. The van der Waals surface area contributed by atoms with Crippen LogP contribution >= 0.6 is 0 Å². The van der Waals surface area contributed by atoms with Crippen LogP contribution in [0.1, 0.15) is 22.8 Å². The van der Waals surface area contributed by atoms with E-state index in [4.69, 9.17) is 14.6 Å². The Morgan fingerprint density at radius 3 is 2.63 bits per heavy atom. The predicted octanol–water partition coefficient (Wildman–Crippen LogP) is 4.64. The maximum Gasteiger partial charge on any atom is 0.256 e. The molecular formula is C28H26FN5O4. The van der Waals surface area contributed by atoms with Crippen molar-refractivity contribution in [3.05, 3.63) is 89.7 Å². The van der Waals surface area contributed by atoms with Gasteiger partial charge in [-0.05, 0) is 55.0 Å². The van der Waals surface area contributed by atoms with Crippen LogP contribution < -0.4 is 14.8 Å². The highest BCUT2D eigenvalue weighted by molar-refractivity contribution is 6.04. The molecule has 2 heterocycles. The van der Waals surface area contributed by atoms with Crippen molar-refractivity contribution in [2.24, 2.45) is 0 Å². The van der Waals surface area contributed by atoms with Crippen molar-refractivity contribution in [2.45, 2.75) is 13.5 Å². The molecular weight excluding hydrogens is 489 g/mol. The molecule has 0 saturated carbocycles. The zero-order valence-electron chi connectivity index (χ0n) is 20.6. The number of H-pyrrole nitrogens is 1. The molecule has 0 radical (unpaired) electrons. The smallest absolute Gasteiger partial charge is 0.256 e. The van der Waals surface area contributed by atoms with Gasteiger partial charge in [0, 0.05) is 11.6 Å². The largest absolute Gasteiger partial charge is 0.494 e. The number of aromatic nitrogens is 4. The van der Waals surface area contributed by atoms with E-state index in [1.165, 1.54) is 12.1 Å². The SMILES string of the molecule is CCOc1ccc(Cn2nc(NC(=O)c3ccc(OCCO)c(F)c3)cc2-c2nc3ccccc3[nH]2)cc1. The van der Waals surface area contributed by atoms with Gasteiger partial charge in [0.15, 0.2) is 23.2 Å². The van der Waals surface area contributed by atoms with E-state index in [2.05, 4.69) is 20.4 Å². The topological polar surface area (TPSA) is 114 Å². The lowest BCUT2D eigenvalue weighted by molar-refractivity contribution is 0.102. The second-order valence-electron chi connectivity index (χ2n) is 8.42. The maximum absolute atomic E-state index is 14.4. The summed E-state index contributed by atoms with van der Waals surface area (Å²) in [4.78, 5) is 20.9. The van der Waals surface area contributed by atoms with Gasteiger partial charge in [0.1, 0.15) is 18.1 Å². The van der Waals surface area contributed by atoms with Gasteiger partial charge in [0.25, 0.3) is 5.91 Å². The van der Waals surface area contributed by atoms with E-state index in [-0.39, 0.29) is 30.3 Å². The first kappa shape index (κ1) is 25.0. The number of aromatic amines is 1. The normalized spacial score (nSPS) is 11.0. The molecule has 0 spiro atoms. The number of hydrogen-bond acceptors (Lipinski definition) is 6. The summed E-state index contributed by atoms with van der Waals surface area (Å²) < 4.78 is 26.8. The van der Waals surface area contributed by atoms with Gasteiger partial charge in [-0.15, -0.1) is 0 Å². The molecule has 3 aromatic carbocycles. The van der Waals surface area contributed by atoms with Gasteiger partial charge in [-0.25, -0.2) is 9.37 Å². The second-order valence-corrected chi connectivity index (χ2v) is 8.42. The molecule has 0 aliphatic heterocycles. The summed E-state index contributed by atoms with van der Waals surface area (Å²) in [5.74, 6) is 0.401. The molecule has 0 unspecified atom stereocenters. The van der Waals surface area contributed by atoms with Crippen molar-refractivity contribution in [3.8, 4) is 23.0 Å². The Morgan fingerprint density at radius 2 is 1.89 bits per heavy atom. The molecule has 5 rings (SSSR count). The van der Waals surface area contributed by atoms with E-state index in [0.717, 1.165) is 28.4 Å². The minimum atomic E-state index is -0.699. The molecule has 2 aromatic heterocycles. The molecule has 194 valence electrons. The van der Waals surface area contributed by atoms with E-state index in [9.17, 15) is 9.18 Å². The average Bonchev–Trinajstić information content (AvgIpc) is 3.53. The van der Waals surface area contributed by atoms with Gasteiger partial charge in [0.2, 0.25) is 0 Å². The summed E-state index contributed by atoms with van der Waals surface area (Å²) in [7, 11) is 0. The number of amides is 1. The number of anilines is 1. The molecule has 0 aliphatic carbocycles. The van der Waals surface area contributed by atoms with Crippen LogP contribution in [-0.2, 0) is 6.54 Å². The number of nitrogens with one attached hydrogen (secondary N) is 2. The average molecular weight is 516 g/mol. The number of carbonyl (C=O) groups excluding carboxylic acids is 1. The quantitative estimate of drug-likeness (QED) is 0.250. The van der Waals surface area contributed by atoms with Gasteiger partial charge in [-0.1, -0.05) is 24.3 Å². The number of aliphatic hydroxyl groups excluding tert-OH is 1. The number of benzene rings is 3. The fourth-order valence-corrected chi connectivity index (χ4v) is 4.00. The number of ether oxygens (including phenoxy) is 2. The Balaban J connectivity index is 1.43. The van der Waals surface area contributed by atoms with E-state index in [1.807, 2.05) is 55.5 Å². The van der Waals surface area contributed by atoms with Crippen LogP contribution in [0.25, 0.3) is 22.6 Å². The van der Waals surface area contributed by atoms with Crippen molar-refractivity contribution in [1.29, 1.82) is 0 Å². The van der Waals surface area contributed by atoms with E-state index >= 15 is 0 Å². The highest BCUT2D eigenvalue weighted by Crippen LogP contribution is 2.26. The lowest BCUT2D eigenvalue weighted by Gasteiger charge is -2.08. The Labute approximate surface area is 217 Å². The highest BCUT2D eigenvalue weighted by Gasteiger charge is 2.17. The molecule has 5 aromatic rings. The molecule has 0 aliphatic rings. The Kier molecular flexibility index (Phi) is 7.32. The van der Waals surface area contributed by atoms with E-state index in [0.29, 0.717) is 24.7 Å². The molecule has 9 nitrogen and oxygen atoms in total. The van der Waals surface area contributed by atoms with Crippen molar-refractivity contribution in [3.63, 3.8) is 0 Å².